The lowest BCUT2D eigenvalue weighted by Crippen LogP contribution is -2.46. The van der Waals surface area contributed by atoms with Gasteiger partial charge in [0.15, 0.2) is 0 Å². The highest BCUT2D eigenvalue weighted by molar-refractivity contribution is 6.83. The summed E-state index contributed by atoms with van der Waals surface area (Å²) in [5.41, 5.74) is 9.49. The molecule has 0 saturated carbocycles. The Morgan fingerprint density at radius 2 is 0.853 bits per heavy atom. The van der Waals surface area contributed by atoms with Crippen LogP contribution in [0.4, 0.5) is 13.2 Å². The van der Waals surface area contributed by atoms with E-state index in [2.05, 4.69) is 55.1 Å². The average Bonchev–Trinajstić information content (AvgIpc) is 3.36. The van der Waals surface area contributed by atoms with E-state index in [4.69, 9.17) is 0 Å². The Hall–Kier alpha value is -3.11. The van der Waals surface area contributed by atoms with Crippen molar-refractivity contribution in [1.82, 2.24) is 0 Å². The molecule has 0 aliphatic heterocycles. The lowest BCUT2D eigenvalue weighted by Gasteiger charge is -2.41. The maximum atomic E-state index is 13.8. The summed E-state index contributed by atoms with van der Waals surface area (Å²) < 4.78 is 41.3. The fraction of sp³-hybridized carbons (Fsp3) is 0.200. The number of hydrogen-bond donors (Lipinski definition) is 0. The summed E-state index contributed by atoms with van der Waals surface area (Å²) in [4.78, 5) is 0. The highest BCUT2D eigenvalue weighted by Crippen LogP contribution is 2.59. The minimum Gasteiger partial charge on any atom is -0.171 e. The van der Waals surface area contributed by atoms with Crippen molar-refractivity contribution in [3.05, 3.63) is 119 Å². The van der Waals surface area contributed by atoms with E-state index in [1.165, 1.54) is 44.5 Å². The third kappa shape index (κ3) is 3.19. The van der Waals surface area contributed by atoms with Gasteiger partial charge in [0, 0.05) is 17.5 Å². The summed E-state index contributed by atoms with van der Waals surface area (Å²) >= 11 is 0. The van der Waals surface area contributed by atoms with Crippen LogP contribution in [-0.2, 0) is 0 Å². The first-order chi connectivity index (χ1) is 16.4. The van der Waals surface area contributed by atoms with Crippen LogP contribution < -0.4 is 0 Å². The maximum absolute atomic E-state index is 13.8. The standard InChI is InChI=1S/C30H25F3Si/c1-34(19-18-30(31,32)33,28-24-14-6-2-10-20(24)21-11-3-7-15-25(21)28)29-26-16-8-4-12-22(26)23-13-5-9-17-27(23)29/h2-17,28-29H,18-19H2,1H3. The zero-order valence-electron chi connectivity index (χ0n) is 18.9. The van der Waals surface area contributed by atoms with Crippen molar-refractivity contribution in [2.45, 2.75) is 36.3 Å². The van der Waals surface area contributed by atoms with Crippen LogP contribution in [0.1, 0.15) is 39.8 Å². The lowest BCUT2D eigenvalue weighted by molar-refractivity contribution is -0.130. The molecule has 0 unspecified atom stereocenters. The normalized spacial score (nSPS) is 15.1. The van der Waals surface area contributed by atoms with Gasteiger partial charge in [0.2, 0.25) is 0 Å². The lowest BCUT2D eigenvalue weighted by atomic mass is 10.1. The summed E-state index contributed by atoms with van der Waals surface area (Å²) in [7, 11) is -2.72. The van der Waals surface area contributed by atoms with Crippen molar-refractivity contribution >= 4 is 8.07 Å². The van der Waals surface area contributed by atoms with Crippen LogP contribution in [-0.4, -0.2) is 14.3 Å². The molecule has 0 nitrogen and oxygen atoms in total. The molecule has 4 aromatic carbocycles. The van der Waals surface area contributed by atoms with Crippen LogP contribution >= 0.6 is 0 Å². The van der Waals surface area contributed by atoms with Gasteiger partial charge in [-0.2, -0.15) is 13.2 Å². The van der Waals surface area contributed by atoms with Crippen LogP contribution in [0.15, 0.2) is 97.1 Å². The highest BCUT2D eigenvalue weighted by Gasteiger charge is 2.53. The molecule has 0 heterocycles. The molecule has 0 saturated heterocycles. The SMILES string of the molecule is C[Si](CCC(F)(F)F)(C1c2ccccc2-c2ccccc21)C1c2ccccc2-c2ccccc21. The van der Waals surface area contributed by atoms with Gasteiger partial charge in [-0.1, -0.05) is 104 Å². The second-order valence-corrected chi connectivity index (χ2v) is 14.5. The van der Waals surface area contributed by atoms with Gasteiger partial charge in [0.25, 0.3) is 0 Å². The van der Waals surface area contributed by atoms with Crippen LogP contribution in [0.5, 0.6) is 0 Å². The molecule has 4 aromatic rings. The molecule has 0 spiro atoms. The molecule has 170 valence electrons. The van der Waals surface area contributed by atoms with E-state index in [0.717, 1.165) is 0 Å². The van der Waals surface area contributed by atoms with Gasteiger partial charge in [-0.15, -0.1) is 0 Å². The highest BCUT2D eigenvalue weighted by atomic mass is 28.3. The Balaban J connectivity index is 1.62. The van der Waals surface area contributed by atoms with Gasteiger partial charge >= 0.3 is 6.18 Å². The summed E-state index contributed by atoms with van der Waals surface area (Å²) in [5.74, 6) is 0. The van der Waals surface area contributed by atoms with E-state index < -0.39 is 20.7 Å². The Labute approximate surface area is 199 Å². The quantitative estimate of drug-likeness (QED) is 0.262. The number of halogens is 3. The van der Waals surface area contributed by atoms with Crippen LogP contribution in [0, 0.1) is 0 Å². The molecule has 0 fully saturated rings. The molecule has 34 heavy (non-hydrogen) atoms. The molecule has 0 aromatic heterocycles. The van der Waals surface area contributed by atoms with Gasteiger partial charge in [-0.25, -0.2) is 0 Å². The molecule has 2 aliphatic carbocycles. The van der Waals surface area contributed by atoms with E-state index in [-0.39, 0.29) is 17.1 Å². The van der Waals surface area contributed by atoms with Gasteiger partial charge in [0.05, 0.1) is 8.07 Å². The molecule has 4 heteroatoms. The fourth-order valence-corrected chi connectivity index (χ4v) is 12.2. The predicted octanol–water partition coefficient (Wildman–Crippen LogP) is 8.72. The second-order valence-electron chi connectivity index (χ2n) is 9.84. The van der Waals surface area contributed by atoms with Gasteiger partial charge < -0.3 is 0 Å². The average molecular weight is 471 g/mol. The smallest absolute Gasteiger partial charge is 0.171 e. The first kappa shape index (κ1) is 21.4. The first-order valence-corrected chi connectivity index (χ1v) is 14.7. The van der Waals surface area contributed by atoms with E-state index in [0.29, 0.717) is 0 Å². The monoisotopic (exact) mass is 470 g/mol. The van der Waals surface area contributed by atoms with Crippen molar-refractivity contribution in [3.63, 3.8) is 0 Å². The van der Waals surface area contributed by atoms with Gasteiger partial charge in [0.1, 0.15) is 0 Å². The van der Waals surface area contributed by atoms with Crippen molar-refractivity contribution in [2.75, 3.05) is 0 Å². The predicted molar refractivity (Wildman–Crippen MR) is 135 cm³/mol. The van der Waals surface area contributed by atoms with Crippen molar-refractivity contribution < 1.29 is 13.2 Å². The molecule has 0 bridgehead atoms. The van der Waals surface area contributed by atoms with Crippen molar-refractivity contribution in [2.24, 2.45) is 0 Å². The topological polar surface area (TPSA) is 0 Å². The molecule has 0 amide bonds. The molecular weight excluding hydrogens is 445 g/mol. The molecule has 0 radical (unpaired) electrons. The van der Waals surface area contributed by atoms with Crippen LogP contribution in [0.25, 0.3) is 22.3 Å². The molecule has 0 N–H and O–H groups in total. The second kappa shape index (κ2) is 7.71. The number of alkyl halides is 3. The summed E-state index contributed by atoms with van der Waals surface area (Å²) in [6, 6.07) is 33.6. The van der Waals surface area contributed by atoms with E-state index in [1.54, 1.807) is 0 Å². The molecule has 6 rings (SSSR count). The molecular formula is C30H25F3Si. The number of fused-ring (bicyclic) bond motifs is 6. The van der Waals surface area contributed by atoms with Crippen LogP contribution in [0.2, 0.25) is 12.6 Å². The molecule has 0 atom stereocenters. The zero-order chi connectivity index (χ0) is 23.5. The number of hydrogen-bond acceptors (Lipinski definition) is 0. The van der Waals surface area contributed by atoms with E-state index in [1.807, 2.05) is 48.5 Å². The largest absolute Gasteiger partial charge is 0.388 e. The van der Waals surface area contributed by atoms with E-state index >= 15 is 0 Å². The molecule has 2 aliphatic rings. The Morgan fingerprint density at radius 1 is 0.559 bits per heavy atom. The van der Waals surface area contributed by atoms with Crippen molar-refractivity contribution in [1.29, 1.82) is 0 Å². The minimum absolute atomic E-state index is 0.00598. The Kier molecular flexibility index (Phi) is 4.86. The van der Waals surface area contributed by atoms with Gasteiger partial charge in [-0.05, 0) is 50.6 Å². The third-order valence-electron chi connectivity index (χ3n) is 7.93. The third-order valence-corrected chi connectivity index (χ3v) is 13.1. The van der Waals surface area contributed by atoms with E-state index in [9.17, 15) is 13.2 Å². The first-order valence-electron chi connectivity index (χ1n) is 11.8. The Bertz CT molecular complexity index is 1200. The summed E-state index contributed by atoms with van der Waals surface area (Å²) in [5, 5.41) is 0. The number of rotatable bonds is 4. The van der Waals surface area contributed by atoms with Crippen LogP contribution in [0.3, 0.4) is 0 Å². The fourth-order valence-electron chi connectivity index (χ4n) is 6.60. The van der Waals surface area contributed by atoms with Crippen molar-refractivity contribution in [3.8, 4) is 22.3 Å². The summed E-state index contributed by atoms with van der Waals surface area (Å²) in [6.45, 7) is 2.23. The zero-order valence-corrected chi connectivity index (χ0v) is 19.9. The van der Waals surface area contributed by atoms with Gasteiger partial charge in [-0.3, -0.25) is 0 Å². The number of benzene rings is 4. The summed E-state index contributed by atoms with van der Waals surface area (Å²) in [6.07, 6.45) is -4.92. The Morgan fingerprint density at radius 3 is 1.15 bits per heavy atom. The maximum Gasteiger partial charge on any atom is 0.388 e. The minimum atomic E-state index is -4.18.